The van der Waals surface area contributed by atoms with Crippen LogP contribution < -0.4 is 4.74 Å². The number of hydrogen-bond donors (Lipinski definition) is 0. The molecular weight excluding hydrogens is 416 g/mol. The summed E-state index contributed by atoms with van der Waals surface area (Å²) in [5.41, 5.74) is 2.34. The lowest BCUT2D eigenvalue weighted by atomic mass is 9.97. The molecule has 9 heteroatoms. The van der Waals surface area contributed by atoms with Gasteiger partial charge >= 0.3 is 0 Å². The Hall–Kier alpha value is -3.62. The molecule has 1 amide bonds. The summed E-state index contributed by atoms with van der Waals surface area (Å²) >= 11 is 0. The van der Waals surface area contributed by atoms with E-state index in [1.807, 2.05) is 24.3 Å². The number of benzene rings is 1. The highest BCUT2D eigenvalue weighted by atomic mass is 19.1. The van der Waals surface area contributed by atoms with E-state index in [0.717, 1.165) is 23.7 Å². The Kier molecular flexibility index (Phi) is 5.98. The first-order chi connectivity index (χ1) is 15.4. The summed E-state index contributed by atoms with van der Waals surface area (Å²) in [6.45, 7) is 4.01. The number of aryl methyl sites for hydroxylation is 1. The standard InChI is InChI=1S/C23H23F2N5O2/c1-14(18-7-9-21(24)27-22(18)25)29-10-4-5-17(23(29)31)11-16-6-8-19(20(12-16)32-3)30-13-26-15(2)28-30/h6-9,11-14H,4-5,10H2,1-3H3/b17-11-/t14-/m1/s1. The number of halogens is 2. The highest BCUT2D eigenvalue weighted by Crippen LogP contribution is 2.31. The number of ether oxygens (including phenoxy) is 1. The zero-order chi connectivity index (χ0) is 22.8. The Labute approximate surface area is 184 Å². The molecule has 7 nitrogen and oxygen atoms in total. The van der Waals surface area contributed by atoms with Gasteiger partial charge in [-0.05, 0) is 62.6 Å². The van der Waals surface area contributed by atoms with E-state index in [1.165, 1.54) is 6.07 Å². The van der Waals surface area contributed by atoms with Crippen molar-refractivity contribution in [2.45, 2.75) is 32.7 Å². The number of methoxy groups -OCH3 is 1. The van der Waals surface area contributed by atoms with Gasteiger partial charge in [0.1, 0.15) is 23.6 Å². The van der Waals surface area contributed by atoms with Crippen molar-refractivity contribution >= 4 is 12.0 Å². The fraction of sp³-hybridized carbons (Fsp3) is 0.304. The van der Waals surface area contributed by atoms with Gasteiger partial charge in [0.15, 0.2) is 0 Å². The molecule has 1 aliphatic heterocycles. The molecule has 1 aliphatic rings. The lowest BCUT2D eigenvalue weighted by Gasteiger charge is -2.34. The van der Waals surface area contributed by atoms with E-state index in [4.69, 9.17) is 4.74 Å². The molecule has 0 radical (unpaired) electrons. The van der Waals surface area contributed by atoms with Gasteiger partial charge in [0.05, 0.1) is 13.2 Å². The molecular formula is C23H23F2N5O2. The van der Waals surface area contributed by atoms with Crippen molar-refractivity contribution in [2.75, 3.05) is 13.7 Å². The van der Waals surface area contributed by atoms with Crippen molar-refractivity contribution in [1.29, 1.82) is 0 Å². The first kappa shape index (κ1) is 21.6. The number of aromatic nitrogens is 4. The van der Waals surface area contributed by atoms with Crippen molar-refractivity contribution in [3.05, 3.63) is 71.1 Å². The lowest BCUT2D eigenvalue weighted by molar-refractivity contribution is -0.130. The van der Waals surface area contributed by atoms with Crippen molar-refractivity contribution in [2.24, 2.45) is 0 Å². The second kappa shape index (κ2) is 8.86. The normalized spacial score (nSPS) is 16.5. The molecule has 32 heavy (non-hydrogen) atoms. The Bertz CT molecular complexity index is 1190. The summed E-state index contributed by atoms with van der Waals surface area (Å²) in [5, 5.41) is 4.31. The summed E-state index contributed by atoms with van der Waals surface area (Å²) in [4.78, 5) is 22.1. The number of nitrogens with zero attached hydrogens (tertiary/aromatic N) is 5. The maximum absolute atomic E-state index is 14.2. The third-order valence-electron chi connectivity index (χ3n) is 5.54. The summed E-state index contributed by atoms with van der Waals surface area (Å²) in [6.07, 6.45) is 4.78. The van der Waals surface area contributed by atoms with E-state index < -0.39 is 17.9 Å². The molecule has 4 rings (SSSR count). The van der Waals surface area contributed by atoms with Crippen LogP contribution in [0.3, 0.4) is 0 Å². The zero-order valence-corrected chi connectivity index (χ0v) is 18.0. The molecule has 166 valence electrons. The smallest absolute Gasteiger partial charge is 0.250 e. The minimum atomic E-state index is -0.898. The van der Waals surface area contributed by atoms with Gasteiger partial charge in [-0.3, -0.25) is 4.79 Å². The number of hydrogen-bond acceptors (Lipinski definition) is 5. The molecule has 1 fully saturated rings. The second-order valence-corrected chi connectivity index (χ2v) is 7.63. The number of carbonyl (C=O) groups excluding carboxylic acids is 1. The largest absolute Gasteiger partial charge is 0.494 e. The quantitative estimate of drug-likeness (QED) is 0.443. The number of amides is 1. The highest BCUT2D eigenvalue weighted by molar-refractivity contribution is 5.98. The van der Waals surface area contributed by atoms with E-state index in [-0.39, 0.29) is 11.5 Å². The fourth-order valence-electron chi connectivity index (χ4n) is 3.87. The van der Waals surface area contributed by atoms with Crippen molar-refractivity contribution in [3.8, 4) is 11.4 Å². The predicted molar refractivity (Wildman–Crippen MR) is 114 cm³/mol. The van der Waals surface area contributed by atoms with Gasteiger partial charge < -0.3 is 9.64 Å². The first-order valence-electron chi connectivity index (χ1n) is 10.3. The van der Waals surface area contributed by atoms with Gasteiger partial charge in [0.25, 0.3) is 0 Å². The Balaban J connectivity index is 1.60. The predicted octanol–water partition coefficient (Wildman–Crippen LogP) is 4.02. The molecule has 0 unspecified atom stereocenters. The lowest BCUT2D eigenvalue weighted by Crippen LogP contribution is -2.39. The van der Waals surface area contributed by atoms with E-state index >= 15 is 0 Å². The molecule has 1 saturated heterocycles. The average molecular weight is 439 g/mol. The molecule has 1 aromatic carbocycles. The number of carbonyl (C=O) groups is 1. The molecule has 0 bridgehead atoms. The van der Waals surface area contributed by atoms with Crippen LogP contribution in [0.5, 0.6) is 5.75 Å². The Morgan fingerprint density at radius 1 is 1.22 bits per heavy atom. The minimum absolute atomic E-state index is 0.178. The Morgan fingerprint density at radius 3 is 2.72 bits per heavy atom. The molecule has 3 heterocycles. The van der Waals surface area contributed by atoms with Crippen LogP contribution in [0.25, 0.3) is 11.8 Å². The molecule has 2 aromatic heterocycles. The second-order valence-electron chi connectivity index (χ2n) is 7.63. The van der Waals surface area contributed by atoms with E-state index in [2.05, 4.69) is 15.1 Å². The van der Waals surface area contributed by atoms with E-state index in [1.54, 1.807) is 36.9 Å². The number of piperidine rings is 1. The number of rotatable bonds is 5. The monoisotopic (exact) mass is 439 g/mol. The van der Waals surface area contributed by atoms with Crippen molar-refractivity contribution in [1.82, 2.24) is 24.6 Å². The van der Waals surface area contributed by atoms with Crippen molar-refractivity contribution in [3.63, 3.8) is 0 Å². The SMILES string of the molecule is COc1cc(/C=C2/CCCN([C@H](C)c3ccc(F)nc3F)C2=O)ccc1-n1cnc(C)n1. The van der Waals surface area contributed by atoms with Crippen LogP contribution in [0, 0.1) is 18.8 Å². The maximum atomic E-state index is 14.2. The van der Waals surface area contributed by atoms with E-state index in [0.29, 0.717) is 30.1 Å². The molecule has 0 N–H and O–H groups in total. The van der Waals surface area contributed by atoms with Crippen molar-refractivity contribution < 1.29 is 18.3 Å². The van der Waals surface area contributed by atoms with Gasteiger partial charge in [-0.15, -0.1) is 0 Å². The van der Waals surface area contributed by atoms with Crippen LogP contribution in [0.4, 0.5) is 8.78 Å². The highest BCUT2D eigenvalue weighted by Gasteiger charge is 2.29. The Morgan fingerprint density at radius 2 is 2.03 bits per heavy atom. The van der Waals surface area contributed by atoms with Gasteiger partial charge in [0.2, 0.25) is 17.8 Å². The van der Waals surface area contributed by atoms with Gasteiger partial charge in [-0.1, -0.05) is 6.07 Å². The van der Waals surface area contributed by atoms with Gasteiger partial charge in [-0.25, -0.2) is 9.67 Å². The first-order valence-corrected chi connectivity index (χ1v) is 10.3. The van der Waals surface area contributed by atoms with Crippen LogP contribution in [0.2, 0.25) is 0 Å². The zero-order valence-electron chi connectivity index (χ0n) is 18.0. The van der Waals surface area contributed by atoms with Crippen LogP contribution in [-0.2, 0) is 4.79 Å². The molecule has 1 atom stereocenters. The summed E-state index contributed by atoms with van der Waals surface area (Å²) in [6, 6.07) is 7.44. The van der Waals surface area contributed by atoms with Crippen LogP contribution >= 0.6 is 0 Å². The summed E-state index contributed by atoms with van der Waals surface area (Å²) in [5.74, 6) is -0.722. The third-order valence-corrected chi connectivity index (χ3v) is 5.54. The van der Waals surface area contributed by atoms with Crippen LogP contribution in [0.15, 0.2) is 42.2 Å². The number of likely N-dealkylation sites (tertiary alicyclic amines) is 1. The summed E-state index contributed by atoms with van der Waals surface area (Å²) in [7, 11) is 1.57. The fourth-order valence-corrected chi connectivity index (χ4v) is 3.87. The molecule has 0 aliphatic carbocycles. The molecule has 3 aromatic rings. The average Bonchev–Trinajstić information content (AvgIpc) is 3.20. The van der Waals surface area contributed by atoms with Crippen LogP contribution in [-0.4, -0.2) is 44.2 Å². The minimum Gasteiger partial charge on any atom is -0.494 e. The maximum Gasteiger partial charge on any atom is 0.250 e. The molecule has 0 saturated carbocycles. The topological polar surface area (TPSA) is 73.1 Å². The van der Waals surface area contributed by atoms with E-state index in [9.17, 15) is 13.6 Å². The van der Waals surface area contributed by atoms with Crippen LogP contribution in [0.1, 0.15) is 42.8 Å². The number of pyridine rings is 1. The molecule has 0 spiro atoms. The summed E-state index contributed by atoms with van der Waals surface area (Å²) < 4.78 is 34.5. The van der Waals surface area contributed by atoms with Gasteiger partial charge in [-0.2, -0.15) is 18.9 Å². The third kappa shape index (κ3) is 4.23. The van der Waals surface area contributed by atoms with Gasteiger partial charge in [0, 0.05) is 17.7 Å².